The second-order valence-electron chi connectivity index (χ2n) is 4.50. The number of carbonyl (C=O) groups is 1. The lowest BCUT2D eigenvalue weighted by molar-refractivity contribution is -0.132. The maximum absolute atomic E-state index is 11.5. The van der Waals surface area contributed by atoms with Crippen molar-refractivity contribution in [1.29, 1.82) is 0 Å². The standard InChI is InChI=1S/C11H18N4O3/c1-7(2)10-13-14-11(18-10)15-4-5-17-8(6-15)9(16)12-3/h7-8H,4-6H2,1-3H3,(H,12,16). The van der Waals surface area contributed by atoms with Gasteiger partial charge in [0, 0.05) is 19.5 Å². The smallest absolute Gasteiger partial charge is 0.318 e. The molecule has 1 aliphatic rings. The van der Waals surface area contributed by atoms with E-state index < -0.39 is 6.10 Å². The van der Waals surface area contributed by atoms with Crippen LogP contribution in [0.15, 0.2) is 4.42 Å². The van der Waals surface area contributed by atoms with Crippen LogP contribution >= 0.6 is 0 Å². The third-order valence-corrected chi connectivity index (χ3v) is 2.80. The second kappa shape index (κ2) is 5.34. The third kappa shape index (κ3) is 2.61. The summed E-state index contributed by atoms with van der Waals surface area (Å²) in [5.41, 5.74) is 0. The summed E-state index contributed by atoms with van der Waals surface area (Å²) in [6, 6.07) is 0.455. The van der Waals surface area contributed by atoms with Crippen molar-refractivity contribution in [3.8, 4) is 0 Å². The molecule has 0 saturated carbocycles. The first-order chi connectivity index (χ1) is 8.61. The number of nitrogens with one attached hydrogen (secondary N) is 1. The zero-order valence-corrected chi connectivity index (χ0v) is 10.8. The first kappa shape index (κ1) is 12.8. The number of hydrogen-bond acceptors (Lipinski definition) is 6. The number of rotatable bonds is 3. The van der Waals surface area contributed by atoms with Gasteiger partial charge in [-0.1, -0.05) is 18.9 Å². The van der Waals surface area contributed by atoms with E-state index in [1.54, 1.807) is 7.05 Å². The highest BCUT2D eigenvalue weighted by Crippen LogP contribution is 2.20. The fraction of sp³-hybridized carbons (Fsp3) is 0.727. The lowest BCUT2D eigenvalue weighted by Gasteiger charge is -2.30. The van der Waals surface area contributed by atoms with E-state index in [2.05, 4.69) is 15.5 Å². The molecule has 0 radical (unpaired) electrons. The molecule has 1 saturated heterocycles. The average molecular weight is 254 g/mol. The number of aromatic nitrogens is 2. The van der Waals surface area contributed by atoms with Gasteiger partial charge in [-0.3, -0.25) is 4.79 Å². The number of carbonyl (C=O) groups excluding carboxylic acids is 1. The van der Waals surface area contributed by atoms with Gasteiger partial charge in [0.05, 0.1) is 13.2 Å². The Morgan fingerprint density at radius 2 is 2.28 bits per heavy atom. The van der Waals surface area contributed by atoms with Crippen molar-refractivity contribution in [2.75, 3.05) is 31.6 Å². The molecule has 1 aliphatic heterocycles. The van der Waals surface area contributed by atoms with E-state index in [0.29, 0.717) is 31.6 Å². The number of ether oxygens (including phenoxy) is 1. The minimum atomic E-state index is -0.488. The van der Waals surface area contributed by atoms with Gasteiger partial charge >= 0.3 is 6.01 Å². The summed E-state index contributed by atoms with van der Waals surface area (Å²) in [5.74, 6) is 0.665. The lowest BCUT2D eigenvalue weighted by atomic mass is 10.2. The molecule has 0 bridgehead atoms. The van der Waals surface area contributed by atoms with Gasteiger partial charge < -0.3 is 19.4 Å². The molecule has 100 valence electrons. The minimum absolute atomic E-state index is 0.136. The van der Waals surface area contributed by atoms with E-state index in [0.717, 1.165) is 0 Å². The maximum Gasteiger partial charge on any atom is 0.318 e. The van der Waals surface area contributed by atoms with Crippen LogP contribution in [0.2, 0.25) is 0 Å². The summed E-state index contributed by atoms with van der Waals surface area (Å²) in [5, 5.41) is 10.6. The van der Waals surface area contributed by atoms with E-state index in [-0.39, 0.29) is 11.8 Å². The van der Waals surface area contributed by atoms with Gasteiger partial charge in [0.25, 0.3) is 5.91 Å². The Morgan fingerprint density at radius 3 is 2.89 bits per heavy atom. The molecule has 7 heteroatoms. The molecule has 1 amide bonds. The van der Waals surface area contributed by atoms with Crippen molar-refractivity contribution in [3.63, 3.8) is 0 Å². The van der Waals surface area contributed by atoms with E-state index >= 15 is 0 Å². The van der Waals surface area contributed by atoms with Crippen LogP contribution in [0, 0.1) is 0 Å². The molecule has 7 nitrogen and oxygen atoms in total. The maximum atomic E-state index is 11.5. The fourth-order valence-electron chi connectivity index (χ4n) is 1.73. The summed E-state index contributed by atoms with van der Waals surface area (Å²) in [6.45, 7) is 5.53. The minimum Gasteiger partial charge on any atom is -0.408 e. The molecular weight excluding hydrogens is 236 g/mol. The van der Waals surface area contributed by atoms with Gasteiger partial charge in [-0.25, -0.2) is 0 Å². The van der Waals surface area contributed by atoms with Crippen LogP contribution in [0.1, 0.15) is 25.7 Å². The second-order valence-corrected chi connectivity index (χ2v) is 4.50. The molecule has 18 heavy (non-hydrogen) atoms. The fourth-order valence-corrected chi connectivity index (χ4v) is 1.73. The molecule has 1 fully saturated rings. The van der Waals surface area contributed by atoms with E-state index in [4.69, 9.17) is 9.15 Å². The molecule has 1 unspecified atom stereocenters. The topological polar surface area (TPSA) is 80.5 Å². The summed E-state index contributed by atoms with van der Waals surface area (Å²) < 4.78 is 11.0. The molecule has 1 aromatic rings. The summed E-state index contributed by atoms with van der Waals surface area (Å²) >= 11 is 0. The quantitative estimate of drug-likeness (QED) is 0.826. The zero-order chi connectivity index (χ0) is 13.1. The van der Waals surface area contributed by atoms with E-state index in [1.165, 1.54) is 0 Å². The highest BCUT2D eigenvalue weighted by Gasteiger charge is 2.28. The number of amides is 1. The molecule has 1 aromatic heterocycles. The zero-order valence-electron chi connectivity index (χ0n) is 10.8. The summed E-state index contributed by atoms with van der Waals surface area (Å²) in [6.07, 6.45) is -0.488. The van der Waals surface area contributed by atoms with Gasteiger partial charge in [-0.2, -0.15) is 0 Å². The van der Waals surface area contributed by atoms with Crippen LogP contribution in [0.3, 0.4) is 0 Å². The lowest BCUT2D eigenvalue weighted by Crippen LogP contribution is -2.49. The Kier molecular flexibility index (Phi) is 3.81. The van der Waals surface area contributed by atoms with Crippen molar-refractivity contribution < 1.29 is 13.9 Å². The number of likely N-dealkylation sites (N-methyl/N-ethyl adjacent to an activating group) is 1. The molecule has 0 aliphatic carbocycles. The predicted octanol–water partition coefficient (Wildman–Crippen LogP) is 0.144. The number of nitrogens with zero attached hydrogens (tertiary/aromatic N) is 3. The normalized spacial score (nSPS) is 20.2. The van der Waals surface area contributed by atoms with Gasteiger partial charge in [0.15, 0.2) is 6.10 Å². The van der Waals surface area contributed by atoms with Gasteiger partial charge in [0.2, 0.25) is 5.89 Å². The van der Waals surface area contributed by atoms with E-state index in [1.807, 2.05) is 18.7 Å². The van der Waals surface area contributed by atoms with Gasteiger partial charge in [-0.05, 0) is 0 Å². The molecule has 2 rings (SSSR count). The average Bonchev–Trinajstić information content (AvgIpc) is 2.88. The van der Waals surface area contributed by atoms with Crippen molar-refractivity contribution in [1.82, 2.24) is 15.5 Å². The number of morpholine rings is 1. The molecule has 0 aromatic carbocycles. The largest absolute Gasteiger partial charge is 0.408 e. The van der Waals surface area contributed by atoms with Crippen LogP contribution in [-0.2, 0) is 9.53 Å². The number of anilines is 1. The van der Waals surface area contributed by atoms with Crippen molar-refractivity contribution in [2.45, 2.75) is 25.9 Å². The molecule has 0 spiro atoms. The van der Waals surface area contributed by atoms with Crippen molar-refractivity contribution >= 4 is 11.9 Å². The van der Waals surface area contributed by atoms with Crippen LogP contribution in [-0.4, -0.2) is 49.0 Å². The molecular formula is C11H18N4O3. The van der Waals surface area contributed by atoms with Gasteiger partial charge in [0.1, 0.15) is 0 Å². The molecule has 1 N–H and O–H groups in total. The van der Waals surface area contributed by atoms with Crippen LogP contribution in [0.5, 0.6) is 0 Å². The monoisotopic (exact) mass is 254 g/mol. The van der Waals surface area contributed by atoms with Gasteiger partial charge in [-0.15, -0.1) is 5.10 Å². The van der Waals surface area contributed by atoms with Crippen LogP contribution in [0.4, 0.5) is 6.01 Å². The number of hydrogen-bond donors (Lipinski definition) is 1. The summed E-state index contributed by atoms with van der Waals surface area (Å²) in [7, 11) is 1.59. The van der Waals surface area contributed by atoms with E-state index in [9.17, 15) is 4.79 Å². The first-order valence-corrected chi connectivity index (χ1v) is 6.03. The van der Waals surface area contributed by atoms with Crippen LogP contribution < -0.4 is 10.2 Å². The van der Waals surface area contributed by atoms with Crippen molar-refractivity contribution in [2.24, 2.45) is 0 Å². The summed E-state index contributed by atoms with van der Waals surface area (Å²) in [4.78, 5) is 13.4. The highest BCUT2D eigenvalue weighted by molar-refractivity contribution is 5.81. The Bertz CT molecular complexity index is 418. The predicted molar refractivity (Wildman–Crippen MR) is 64.4 cm³/mol. The third-order valence-electron chi connectivity index (χ3n) is 2.80. The molecule has 2 heterocycles. The van der Waals surface area contributed by atoms with Crippen LogP contribution in [0.25, 0.3) is 0 Å². The Hall–Kier alpha value is -1.63. The SMILES string of the molecule is CNC(=O)C1CN(c2nnc(C(C)C)o2)CCO1. The Balaban J connectivity index is 2.05. The van der Waals surface area contributed by atoms with Crippen molar-refractivity contribution in [3.05, 3.63) is 5.89 Å². The highest BCUT2D eigenvalue weighted by atomic mass is 16.5. The Labute approximate surface area is 105 Å². The first-order valence-electron chi connectivity index (χ1n) is 6.03. The molecule has 1 atom stereocenters. The Morgan fingerprint density at radius 1 is 1.50 bits per heavy atom.